The fourth-order valence-electron chi connectivity index (χ4n) is 5.04. The Morgan fingerprint density at radius 3 is 2.15 bits per heavy atom. The summed E-state index contributed by atoms with van der Waals surface area (Å²) in [4.78, 5) is 0. The second kappa shape index (κ2) is 10.5. The van der Waals surface area contributed by atoms with Gasteiger partial charge in [0.15, 0.2) is 0 Å². The molecular weight excluding hydrogens is 404 g/mol. The van der Waals surface area contributed by atoms with E-state index in [4.69, 9.17) is 4.74 Å². The topological polar surface area (TPSA) is 33.3 Å². The molecule has 1 saturated heterocycles. The monoisotopic (exact) mass is 442 g/mol. The van der Waals surface area contributed by atoms with Crippen LogP contribution in [0.15, 0.2) is 78.9 Å². The van der Waals surface area contributed by atoms with Crippen LogP contribution in [0, 0.1) is 0 Å². The first-order valence-electron chi connectivity index (χ1n) is 12.2. The molecule has 0 saturated carbocycles. The van der Waals surface area contributed by atoms with Crippen LogP contribution in [0.4, 0.5) is 0 Å². The Hall–Kier alpha value is -2.62. The van der Waals surface area contributed by atoms with E-state index in [9.17, 15) is 0 Å². The van der Waals surface area contributed by atoms with Crippen LogP contribution in [0.25, 0.3) is 0 Å². The largest absolute Gasteiger partial charge is 0.496 e. The van der Waals surface area contributed by atoms with Crippen molar-refractivity contribution in [3.63, 3.8) is 0 Å². The lowest BCUT2D eigenvalue weighted by Crippen LogP contribution is -2.54. The smallest absolute Gasteiger partial charge is 0.123 e. The highest BCUT2D eigenvalue weighted by Gasteiger charge is 2.33. The van der Waals surface area contributed by atoms with E-state index in [2.05, 4.69) is 110 Å². The molecule has 0 bridgehead atoms. The number of hydrogen-bond donors (Lipinski definition) is 2. The zero-order valence-electron chi connectivity index (χ0n) is 20.5. The summed E-state index contributed by atoms with van der Waals surface area (Å²) in [6.45, 7) is 8.64. The summed E-state index contributed by atoms with van der Waals surface area (Å²) in [6.07, 6.45) is 2.35. The van der Waals surface area contributed by atoms with Crippen LogP contribution < -0.4 is 15.4 Å². The van der Waals surface area contributed by atoms with Gasteiger partial charge in [-0.15, -0.1) is 0 Å². The summed E-state index contributed by atoms with van der Waals surface area (Å²) in [7, 11) is 1.77. The van der Waals surface area contributed by atoms with Gasteiger partial charge in [0.1, 0.15) is 5.75 Å². The van der Waals surface area contributed by atoms with E-state index >= 15 is 0 Å². The third-order valence-electron chi connectivity index (χ3n) is 6.88. The molecule has 0 spiro atoms. The van der Waals surface area contributed by atoms with Crippen molar-refractivity contribution in [3.05, 3.63) is 101 Å². The van der Waals surface area contributed by atoms with Crippen molar-refractivity contribution in [2.45, 2.75) is 63.6 Å². The number of nitrogens with one attached hydrogen (secondary N) is 2. The van der Waals surface area contributed by atoms with Gasteiger partial charge in [0.2, 0.25) is 0 Å². The molecule has 3 nitrogen and oxygen atoms in total. The zero-order chi connectivity index (χ0) is 23.3. The first-order chi connectivity index (χ1) is 16.0. The van der Waals surface area contributed by atoms with Gasteiger partial charge in [0, 0.05) is 30.1 Å². The lowest BCUT2D eigenvalue weighted by atomic mass is 9.79. The molecule has 0 amide bonds. The van der Waals surface area contributed by atoms with Crippen molar-refractivity contribution < 1.29 is 4.74 Å². The van der Waals surface area contributed by atoms with Gasteiger partial charge in [-0.2, -0.15) is 0 Å². The van der Waals surface area contributed by atoms with Crippen molar-refractivity contribution in [1.82, 2.24) is 10.6 Å². The van der Waals surface area contributed by atoms with E-state index in [0.717, 1.165) is 25.3 Å². The maximum Gasteiger partial charge on any atom is 0.123 e. The molecule has 0 unspecified atom stereocenters. The van der Waals surface area contributed by atoms with E-state index in [1.165, 1.54) is 28.7 Å². The van der Waals surface area contributed by atoms with Crippen molar-refractivity contribution in [2.24, 2.45) is 0 Å². The van der Waals surface area contributed by atoms with Gasteiger partial charge in [-0.25, -0.2) is 0 Å². The summed E-state index contributed by atoms with van der Waals surface area (Å²) < 4.78 is 5.71. The standard InChI is InChI=1S/C30H38N2O/c1-30(2,3)25-17-18-27(33-4)24(20-25)21-32-26-16-11-19-31-29(26)28(22-12-7-5-8-13-22)23-14-9-6-10-15-23/h5-10,12-15,17-18,20,26,28-29,31-32H,11,16,19,21H2,1-4H3/t26-,29+/m1/s1. The fraction of sp³-hybridized carbons (Fsp3) is 0.400. The average Bonchev–Trinajstić information content (AvgIpc) is 2.84. The summed E-state index contributed by atoms with van der Waals surface area (Å²) in [5, 5.41) is 7.79. The molecule has 1 heterocycles. The van der Waals surface area contributed by atoms with E-state index in [-0.39, 0.29) is 5.41 Å². The fourth-order valence-corrected chi connectivity index (χ4v) is 5.04. The van der Waals surface area contributed by atoms with Crippen LogP contribution in [0.3, 0.4) is 0 Å². The average molecular weight is 443 g/mol. The lowest BCUT2D eigenvalue weighted by molar-refractivity contribution is 0.278. The van der Waals surface area contributed by atoms with Gasteiger partial charge in [0.25, 0.3) is 0 Å². The minimum Gasteiger partial charge on any atom is -0.496 e. The highest BCUT2D eigenvalue weighted by atomic mass is 16.5. The molecule has 0 radical (unpaired) electrons. The minimum atomic E-state index is 0.113. The van der Waals surface area contributed by atoms with Crippen molar-refractivity contribution in [1.29, 1.82) is 0 Å². The third-order valence-corrected chi connectivity index (χ3v) is 6.88. The first kappa shape index (κ1) is 23.5. The molecule has 2 atom stereocenters. The van der Waals surface area contributed by atoms with Gasteiger partial charge in [-0.1, -0.05) is 93.6 Å². The van der Waals surface area contributed by atoms with Crippen LogP contribution in [0.2, 0.25) is 0 Å². The molecule has 1 fully saturated rings. The number of rotatable bonds is 7. The SMILES string of the molecule is COc1ccc(C(C)(C)C)cc1CN[C@@H]1CCCN[C@@H]1C(c1ccccc1)c1ccccc1. The second-order valence-corrected chi connectivity index (χ2v) is 10.2. The third kappa shape index (κ3) is 5.66. The summed E-state index contributed by atoms with van der Waals surface area (Å²) in [5.41, 5.74) is 5.40. The van der Waals surface area contributed by atoms with E-state index < -0.39 is 0 Å². The predicted octanol–water partition coefficient (Wildman–Crippen LogP) is 6.04. The summed E-state index contributed by atoms with van der Waals surface area (Å²) in [6, 6.07) is 29.2. The maximum atomic E-state index is 5.71. The first-order valence-corrected chi connectivity index (χ1v) is 12.2. The van der Waals surface area contributed by atoms with Crippen LogP contribution >= 0.6 is 0 Å². The molecule has 0 aliphatic carbocycles. The van der Waals surface area contributed by atoms with Gasteiger partial charge in [-0.05, 0) is 47.6 Å². The van der Waals surface area contributed by atoms with Crippen molar-refractivity contribution in [3.8, 4) is 5.75 Å². The number of methoxy groups -OCH3 is 1. The van der Waals surface area contributed by atoms with Crippen molar-refractivity contribution >= 4 is 0 Å². The van der Waals surface area contributed by atoms with E-state index in [1.807, 2.05) is 0 Å². The molecule has 2 N–H and O–H groups in total. The summed E-state index contributed by atoms with van der Waals surface area (Å²) >= 11 is 0. The van der Waals surface area contributed by atoms with Crippen LogP contribution in [0.1, 0.15) is 61.8 Å². The molecule has 33 heavy (non-hydrogen) atoms. The molecule has 3 heteroatoms. The molecule has 3 aromatic rings. The Bertz CT molecular complexity index is 971. The van der Waals surface area contributed by atoms with Crippen LogP contribution in [-0.2, 0) is 12.0 Å². The molecular formula is C30H38N2O. The molecule has 0 aromatic heterocycles. The summed E-state index contributed by atoms with van der Waals surface area (Å²) in [5.74, 6) is 1.26. The predicted molar refractivity (Wildman–Crippen MR) is 138 cm³/mol. The Labute approximate surface area is 199 Å². The maximum absolute atomic E-state index is 5.71. The Morgan fingerprint density at radius 1 is 0.939 bits per heavy atom. The number of piperidine rings is 1. The zero-order valence-corrected chi connectivity index (χ0v) is 20.5. The van der Waals surface area contributed by atoms with Gasteiger partial charge in [-0.3, -0.25) is 0 Å². The normalized spacial score (nSPS) is 18.9. The number of ether oxygens (including phenoxy) is 1. The lowest BCUT2D eigenvalue weighted by Gasteiger charge is -2.39. The van der Waals surface area contributed by atoms with Crippen LogP contribution in [0.5, 0.6) is 5.75 Å². The quantitative estimate of drug-likeness (QED) is 0.468. The minimum absolute atomic E-state index is 0.113. The molecule has 4 rings (SSSR count). The van der Waals surface area contributed by atoms with Gasteiger partial charge >= 0.3 is 0 Å². The van der Waals surface area contributed by atoms with Crippen LogP contribution in [-0.4, -0.2) is 25.7 Å². The molecule has 1 aliphatic rings. The van der Waals surface area contributed by atoms with Gasteiger partial charge < -0.3 is 15.4 Å². The number of hydrogen-bond acceptors (Lipinski definition) is 3. The second-order valence-electron chi connectivity index (χ2n) is 10.2. The highest BCUT2D eigenvalue weighted by Crippen LogP contribution is 2.33. The molecule has 1 aliphatic heterocycles. The van der Waals surface area contributed by atoms with Crippen molar-refractivity contribution in [2.75, 3.05) is 13.7 Å². The Balaban J connectivity index is 1.61. The Morgan fingerprint density at radius 2 is 1.58 bits per heavy atom. The van der Waals surface area contributed by atoms with E-state index in [1.54, 1.807) is 7.11 Å². The molecule has 174 valence electrons. The number of benzene rings is 3. The van der Waals surface area contributed by atoms with E-state index in [0.29, 0.717) is 18.0 Å². The highest BCUT2D eigenvalue weighted by molar-refractivity contribution is 5.40. The molecule has 3 aromatic carbocycles. The Kier molecular flexibility index (Phi) is 7.52. The van der Waals surface area contributed by atoms with Gasteiger partial charge in [0.05, 0.1) is 7.11 Å².